The van der Waals surface area contributed by atoms with Crippen LogP contribution in [0.4, 0.5) is 5.00 Å². The molecular formula is C19H26N4OS. The van der Waals surface area contributed by atoms with Crippen LogP contribution in [0.2, 0.25) is 0 Å². The molecule has 5 nitrogen and oxygen atoms in total. The van der Waals surface area contributed by atoms with Crippen LogP contribution in [0.25, 0.3) is 0 Å². The van der Waals surface area contributed by atoms with Crippen molar-refractivity contribution in [3.8, 4) is 0 Å². The van der Waals surface area contributed by atoms with Gasteiger partial charge in [0.15, 0.2) is 5.96 Å². The van der Waals surface area contributed by atoms with E-state index in [0.717, 1.165) is 44.1 Å². The van der Waals surface area contributed by atoms with Crippen LogP contribution >= 0.6 is 11.3 Å². The molecule has 0 aromatic carbocycles. The van der Waals surface area contributed by atoms with Crippen LogP contribution in [0.1, 0.15) is 18.6 Å². The van der Waals surface area contributed by atoms with E-state index in [1.807, 2.05) is 29.5 Å². The van der Waals surface area contributed by atoms with Gasteiger partial charge in [-0.3, -0.25) is 4.99 Å². The number of thiophene rings is 1. The zero-order valence-corrected chi connectivity index (χ0v) is 15.3. The smallest absolute Gasteiger partial charge is 0.191 e. The SMILES string of the molecule is C=CCNC(=NCCc1ccco1)NC1CCN(c2cccs2)CC1. The van der Waals surface area contributed by atoms with Crippen molar-refractivity contribution in [1.82, 2.24) is 10.6 Å². The second-order valence-electron chi connectivity index (χ2n) is 6.09. The summed E-state index contributed by atoms with van der Waals surface area (Å²) in [5.41, 5.74) is 0. The molecule has 0 radical (unpaired) electrons. The van der Waals surface area contributed by atoms with Gasteiger partial charge in [0, 0.05) is 38.6 Å². The van der Waals surface area contributed by atoms with E-state index in [1.54, 1.807) is 6.26 Å². The molecule has 0 amide bonds. The van der Waals surface area contributed by atoms with Gasteiger partial charge in [0.25, 0.3) is 0 Å². The van der Waals surface area contributed by atoms with Crippen molar-refractivity contribution < 1.29 is 4.42 Å². The molecule has 134 valence electrons. The summed E-state index contributed by atoms with van der Waals surface area (Å²) in [5, 5.41) is 10.4. The third-order valence-corrected chi connectivity index (χ3v) is 5.20. The summed E-state index contributed by atoms with van der Waals surface area (Å²) in [6.45, 7) is 7.35. The fourth-order valence-electron chi connectivity index (χ4n) is 2.94. The lowest BCUT2D eigenvalue weighted by Gasteiger charge is -2.33. The van der Waals surface area contributed by atoms with Crippen molar-refractivity contribution in [3.63, 3.8) is 0 Å². The number of guanidine groups is 1. The van der Waals surface area contributed by atoms with Gasteiger partial charge in [-0.1, -0.05) is 6.08 Å². The van der Waals surface area contributed by atoms with E-state index >= 15 is 0 Å². The van der Waals surface area contributed by atoms with Crippen LogP contribution in [0.5, 0.6) is 0 Å². The molecule has 6 heteroatoms. The topological polar surface area (TPSA) is 52.8 Å². The zero-order chi connectivity index (χ0) is 17.3. The van der Waals surface area contributed by atoms with Gasteiger partial charge in [0.2, 0.25) is 0 Å². The van der Waals surface area contributed by atoms with E-state index in [2.05, 4.69) is 44.6 Å². The van der Waals surface area contributed by atoms with Crippen molar-refractivity contribution in [2.75, 3.05) is 31.1 Å². The molecule has 1 aliphatic heterocycles. The lowest BCUT2D eigenvalue weighted by atomic mass is 10.1. The van der Waals surface area contributed by atoms with Gasteiger partial charge in [-0.25, -0.2) is 0 Å². The molecule has 3 heterocycles. The third-order valence-electron chi connectivity index (χ3n) is 4.28. The highest BCUT2D eigenvalue weighted by atomic mass is 32.1. The first-order valence-corrected chi connectivity index (χ1v) is 9.69. The maximum absolute atomic E-state index is 5.36. The quantitative estimate of drug-likeness (QED) is 0.453. The Bertz CT molecular complexity index is 643. The van der Waals surface area contributed by atoms with Crippen LogP contribution in [-0.2, 0) is 6.42 Å². The Morgan fingerprint density at radius 3 is 2.92 bits per heavy atom. The molecule has 2 aromatic rings. The second kappa shape index (κ2) is 9.32. The number of rotatable bonds is 7. The van der Waals surface area contributed by atoms with Crippen LogP contribution in [0.3, 0.4) is 0 Å². The minimum atomic E-state index is 0.455. The summed E-state index contributed by atoms with van der Waals surface area (Å²) in [5.74, 6) is 1.83. The molecule has 0 bridgehead atoms. The molecule has 25 heavy (non-hydrogen) atoms. The van der Waals surface area contributed by atoms with Crippen LogP contribution in [-0.4, -0.2) is 38.2 Å². The summed E-state index contributed by atoms with van der Waals surface area (Å²) < 4.78 is 5.36. The van der Waals surface area contributed by atoms with Crippen LogP contribution in [0.15, 0.2) is 58.0 Å². The summed E-state index contributed by atoms with van der Waals surface area (Å²) in [7, 11) is 0. The largest absolute Gasteiger partial charge is 0.469 e. The van der Waals surface area contributed by atoms with Gasteiger partial charge in [-0.2, -0.15) is 0 Å². The van der Waals surface area contributed by atoms with Gasteiger partial charge in [-0.15, -0.1) is 17.9 Å². The highest BCUT2D eigenvalue weighted by Crippen LogP contribution is 2.24. The van der Waals surface area contributed by atoms with Gasteiger partial charge < -0.3 is 20.0 Å². The highest BCUT2D eigenvalue weighted by Gasteiger charge is 2.20. The first kappa shape index (κ1) is 17.6. The Morgan fingerprint density at radius 2 is 2.24 bits per heavy atom. The van der Waals surface area contributed by atoms with Gasteiger partial charge in [0.05, 0.1) is 11.3 Å². The standard InChI is InChI=1S/C19H26N4OS/c1-2-10-20-19(21-11-7-17-5-3-14-24-17)22-16-8-12-23(13-9-16)18-6-4-15-25-18/h2-6,14-16H,1,7-13H2,(H2,20,21,22). The normalized spacial score (nSPS) is 16.0. The Hall–Kier alpha value is -2.21. The molecule has 1 aliphatic rings. The predicted molar refractivity (Wildman–Crippen MR) is 106 cm³/mol. The summed E-state index contributed by atoms with van der Waals surface area (Å²) in [6, 6.07) is 8.67. The van der Waals surface area contributed by atoms with E-state index < -0.39 is 0 Å². The molecule has 0 saturated carbocycles. The average molecular weight is 359 g/mol. The van der Waals surface area contributed by atoms with Gasteiger partial charge in [-0.05, 0) is 42.5 Å². The van der Waals surface area contributed by atoms with Crippen molar-refractivity contribution in [1.29, 1.82) is 0 Å². The maximum atomic E-state index is 5.36. The van der Waals surface area contributed by atoms with E-state index in [-0.39, 0.29) is 0 Å². The zero-order valence-electron chi connectivity index (χ0n) is 14.5. The van der Waals surface area contributed by atoms with Crippen molar-refractivity contribution in [2.24, 2.45) is 4.99 Å². The Morgan fingerprint density at radius 1 is 1.36 bits per heavy atom. The fourth-order valence-corrected chi connectivity index (χ4v) is 3.73. The van der Waals surface area contributed by atoms with E-state index in [0.29, 0.717) is 19.1 Å². The first-order valence-electron chi connectivity index (χ1n) is 8.82. The molecule has 1 saturated heterocycles. The fraction of sp³-hybridized carbons (Fsp3) is 0.421. The molecule has 0 spiro atoms. The minimum absolute atomic E-state index is 0.455. The number of piperidine rings is 1. The molecule has 2 N–H and O–H groups in total. The number of hydrogen-bond acceptors (Lipinski definition) is 4. The second-order valence-corrected chi connectivity index (χ2v) is 7.01. The van der Waals surface area contributed by atoms with E-state index in [4.69, 9.17) is 4.42 Å². The number of furan rings is 1. The number of nitrogens with zero attached hydrogens (tertiary/aromatic N) is 2. The number of hydrogen-bond donors (Lipinski definition) is 2. The lowest BCUT2D eigenvalue weighted by molar-refractivity contribution is 0.463. The Labute approximate surface area is 153 Å². The minimum Gasteiger partial charge on any atom is -0.469 e. The van der Waals surface area contributed by atoms with Crippen molar-refractivity contribution in [2.45, 2.75) is 25.3 Å². The molecule has 1 fully saturated rings. The van der Waals surface area contributed by atoms with Gasteiger partial charge >= 0.3 is 0 Å². The summed E-state index contributed by atoms with van der Waals surface area (Å²) in [4.78, 5) is 7.14. The highest BCUT2D eigenvalue weighted by molar-refractivity contribution is 7.14. The summed E-state index contributed by atoms with van der Waals surface area (Å²) in [6.07, 6.45) is 6.60. The lowest BCUT2D eigenvalue weighted by Crippen LogP contribution is -2.48. The number of nitrogens with one attached hydrogen (secondary N) is 2. The monoisotopic (exact) mass is 358 g/mol. The Balaban J connectivity index is 1.48. The third kappa shape index (κ3) is 5.39. The van der Waals surface area contributed by atoms with Crippen LogP contribution < -0.4 is 15.5 Å². The molecule has 0 atom stereocenters. The predicted octanol–water partition coefficient (Wildman–Crippen LogP) is 3.27. The molecular weight excluding hydrogens is 332 g/mol. The maximum Gasteiger partial charge on any atom is 0.191 e. The van der Waals surface area contributed by atoms with E-state index in [1.165, 1.54) is 5.00 Å². The number of aliphatic imine (C=N–C) groups is 1. The molecule has 0 unspecified atom stereocenters. The Kier molecular flexibility index (Phi) is 6.56. The first-order chi connectivity index (χ1) is 12.3. The molecule has 3 rings (SSSR count). The number of anilines is 1. The molecule has 2 aromatic heterocycles. The van der Waals surface area contributed by atoms with Gasteiger partial charge in [0.1, 0.15) is 5.76 Å². The molecule has 0 aliphatic carbocycles. The van der Waals surface area contributed by atoms with Crippen molar-refractivity contribution in [3.05, 3.63) is 54.3 Å². The van der Waals surface area contributed by atoms with Crippen LogP contribution in [0, 0.1) is 0 Å². The van der Waals surface area contributed by atoms with Crippen molar-refractivity contribution >= 4 is 22.3 Å². The summed E-state index contributed by atoms with van der Waals surface area (Å²) >= 11 is 1.81. The van der Waals surface area contributed by atoms with E-state index in [9.17, 15) is 0 Å². The average Bonchev–Trinajstić information content (AvgIpc) is 3.34.